The standard InChI is InChI=1S/C28H33N3O/c1-18-25(15-20-3-5-21(17-29)6-4-20)26-16-24(22-11-13-30-14-12-22)9-10-27(26)31(19(2)32)28(18)23-7-8-23/h3-6,9-10,16,18,22-23,25,28,30H,7-8,11-15H2,1-2H3/t18?,25-,28-/m1/s1. The van der Waals surface area contributed by atoms with Gasteiger partial charge in [-0.15, -0.1) is 0 Å². The molecule has 2 heterocycles. The molecule has 4 heteroatoms. The van der Waals surface area contributed by atoms with Crippen LogP contribution < -0.4 is 10.2 Å². The highest BCUT2D eigenvalue weighted by atomic mass is 16.2. The fourth-order valence-corrected chi connectivity index (χ4v) is 6.14. The van der Waals surface area contributed by atoms with Crippen molar-refractivity contribution in [2.75, 3.05) is 18.0 Å². The first kappa shape index (κ1) is 21.2. The summed E-state index contributed by atoms with van der Waals surface area (Å²) in [5.41, 5.74) is 5.87. The first-order valence-electron chi connectivity index (χ1n) is 12.2. The van der Waals surface area contributed by atoms with Crippen molar-refractivity contribution in [3.05, 3.63) is 64.7 Å². The first-order chi connectivity index (χ1) is 15.6. The molecule has 3 aliphatic rings. The summed E-state index contributed by atoms with van der Waals surface area (Å²) in [5, 5.41) is 12.6. The van der Waals surface area contributed by atoms with Crippen molar-refractivity contribution in [1.82, 2.24) is 5.32 Å². The zero-order valence-corrected chi connectivity index (χ0v) is 19.2. The fraction of sp³-hybridized carbons (Fsp3) is 0.500. The third kappa shape index (κ3) is 3.95. The van der Waals surface area contributed by atoms with E-state index in [0.717, 1.165) is 25.2 Å². The van der Waals surface area contributed by atoms with Gasteiger partial charge in [0.25, 0.3) is 0 Å². The highest BCUT2D eigenvalue weighted by Crippen LogP contribution is 2.51. The Bertz CT molecular complexity index is 1030. The van der Waals surface area contributed by atoms with Gasteiger partial charge in [-0.3, -0.25) is 4.79 Å². The molecule has 0 bridgehead atoms. The number of hydrogen-bond acceptors (Lipinski definition) is 3. The van der Waals surface area contributed by atoms with Gasteiger partial charge in [-0.2, -0.15) is 5.26 Å². The summed E-state index contributed by atoms with van der Waals surface area (Å²) in [6.07, 6.45) is 5.76. The van der Waals surface area contributed by atoms with Crippen LogP contribution in [0.3, 0.4) is 0 Å². The number of nitrogens with zero attached hydrogens (tertiary/aromatic N) is 2. The van der Waals surface area contributed by atoms with Crippen LogP contribution in [-0.2, 0) is 11.2 Å². The summed E-state index contributed by atoms with van der Waals surface area (Å²) in [6.45, 7) is 6.24. The number of benzene rings is 2. The van der Waals surface area contributed by atoms with Gasteiger partial charge in [-0.25, -0.2) is 0 Å². The summed E-state index contributed by atoms with van der Waals surface area (Å²) in [4.78, 5) is 15.0. The lowest BCUT2D eigenvalue weighted by molar-refractivity contribution is -0.117. The molecule has 1 amide bonds. The molecule has 0 radical (unpaired) electrons. The Morgan fingerprint density at radius 3 is 2.44 bits per heavy atom. The summed E-state index contributed by atoms with van der Waals surface area (Å²) < 4.78 is 0. The quantitative estimate of drug-likeness (QED) is 0.736. The molecule has 1 unspecified atom stereocenters. The monoisotopic (exact) mass is 427 g/mol. The van der Waals surface area contributed by atoms with Crippen molar-refractivity contribution >= 4 is 11.6 Å². The molecule has 5 rings (SSSR count). The topological polar surface area (TPSA) is 56.1 Å². The number of fused-ring (bicyclic) bond motifs is 1. The molecule has 1 saturated carbocycles. The molecule has 2 aromatic rings. The molecule has 0 spiro atoms. The minimum atomic E-state index is 0.168. The molecule has 1 saturated heterocycles. The number of hydrogen-bond donors (Lipinski definition) is 1. The number of piperidine rings is 1. The van der Waals surface area contributed by atoms with Crippen LogP contribution in [0.1, 0.15) is 73.6 Å². The van der Waals surface area contributed by atoms with E-state index >= 15 is 0 Å². The number of amides is 1. The van der Waals surface area contributed by atoms with Gasteiger partial charge in [-0.05, 0) is 104 Å². The summed E-state index contributed by atoms with van der Waals surface area (Å²) >= 11 is 0. The maximum Gasteiger partial charge on any atom is 0.224 e. The van der Waals surface area contributed by atoms with E-state index in [4.69, 9.17) is 5.26 Å². The van der Waals surface area contributed by atoms with Crippen LogP contribution in [0, 0.1) is 23.2 Å². The van der Waals surface area contributed by atoms with E-state index in [1.165, 1.54) is 42.4 Å². The normalized spacial score (nSPS) is 25.8. The third-order valence-corrected chi connectivity index (χ3v) is 7.98. The molecular formula is C28H33N3O. The molecule has 3 atom stereocenters. The van der Waals surface area contributed by atoms with Crippen LogP contribution in [0.5, 0.6) is 0 Å². The lowest BCUT2D eigenvalue weighted by atomic mass is 9.72. The van der Waals surface area contributed by atoms with Crippen molar-refractivity contribution in [2.45, 2.75) is 63.8 Å². The molecule has 2 aliphatic heterocycles. The van der Waals surface area contributed by atoms with Crippen LogP contribution in [-0.4, -0.2) is 25.0 Å². The molecule has 4 nitrogen and oxygen atoms in total. The van der Waals surface area contributed by atoms with Gasteiger partial charge in [0.15, 0.2) is 0 Å². The van der Waals surface area contributed by atoms with Crippen molar-refractivity contribution in [2.24, 2.45) is 11.8 Å². The molecule has 32 heavy (non-hydrogen) atoms. The Morgan fingerprint density at radius 2 is 1.81 bits per heavy atom. The third-order valence-electron chi connectivity index (χ3n) is 7.98. The van der Waals surface area contributed by atoms with Gasteiger partial charge in [0.2, 0.25) is 5.91 Å². The zero-order chi connectivity index (χ0) is 22.2. The van der Waals surface area contributed by atoms with Crippen molar-refractivity contribution < 1.29 is 4.79 Å². The van der Waals surface area contributed by atoms with E-state index < -0.39 is 0 Å². The van der Waals surface area contributed by atoms with Gasteiger partial charge < -0.3 is 10.2 Å². The Labute approximate surface area is 191 Å². The zero-order valence-electron chi connectivity index (χ0n) is 19.2. The Hall–Kier alpha value is -2.64. The van der Waals surface area contributed by atoms with E-state index in [-0.39, 0.29) is 11.9 Å². The Kier molecular flexibility index (Phi) is 5.78. The van der Waals surface area contributed by atoms with Crippen LogP contribution in [0.15, 0.2) is 42.5 Å². The summed E-state index contributed by atoms with van der Waals surface area (Å²) in [6, 6.07) is 17.5. The fourth-order valence-electron chi connectivity index (χ4n) is 6.14. The number of nitrogens with one attached hydrogen (secondary N) is 1. The van der Waals surface area contributed by atoms with Gasteiger partial charge in [-0.1, -0.05) is 31.2 Å². The molecule has 166 valence electrons. The van der Waals surface area contributed by atoms with Gasteiger partial charge in [0, 0.05) is 18.7 Å². The molecular weight excluding hydrogens is 394 g/mol. The van der Waals surface area contributed by atoms with Crippen LogP contribution in [0.4, 0.5) is 5.69 Å². The van der Waals surface area contributed by atoms with E-state index in [2.05, 4.69) is 53.5 Å². The van der Waals surface area contributed by atoms with Crippen LogP contribution in [0.25, 0.3) is 0 Å². The average molecular weight is 428 g/mol. The highest BCUT2D eigenvalue weighted by molar-refractivity contribution is 5.94. The number of carbonyl (C=O) groups excluding carboxylic acids is 1. The molecule has 0 aromatic heterocycles. The summed E-state index contributed by atoms with van der Waals surface area (Å²) in [7, 11) is 0. The largest absolute Gasteiger partial charge is 0.317 e. The summed E-state index contributed by atoms with van der Waals surface area (Å²) in [5.74, 6) is 2.16. The van der Waals surface area contributed by atoms with E-state index in [0.29, 0.717) is 29.2 Å². The Balaban J connectivity index is 1.56. The maximum absolute atomic E-state index is 12.9. The van der Waals surface area contributed by atoms with E-state index in [1.807, 2.05) is 12.1 Å². The smallest absolute Gasteiger partial charge is 0.224 e. The molecule has 1 aliphatic carbocycles. The average Bonchev–Trinajstić information content (AvgIpc) is 3.66. The minimum absolute atomic E-state index is 0.168. The lowest BCUT2D eigenvalue weighted by Gasteiger charge is -2.46. The van der Waals surface area contributed by atoms with E-state index in [1.54, 1.807) is 6.92 Å². The van der Waals surface area contributed by atoms with E-state index in [9.17, 15) is 4.79 Å². The van der Waals surface area contributed by atoms with Crippen molar-refractivity contribution in [3.8, 4) is 6.07 Å². The molecule has 2 aromatic carbocycles. The van der Waals surface area contributed by atoms with Crippen LogP contribution in [0.2, 0.25) is 0 Å². The number of nitriles is 1. The number of anilines is 1. The van der Waals surface area contributed by atoms with Gasteiger partial charge in [0.1, 0.15) is 0 Å². The van der Waals surface area contributed by atoms with Crippen LogP contribution >= 0.6 is 0 Å². The number of carbonyl (C=O) groups is 1. The van der Waals surface area contributed by atoms with Gasteiger partial charge in [0.05, 0.1) is 11.6 Å². The lowest BCUT2D eigenvalue weighted by Crippen LogP contribution is -2.50. The van der Waals surface area contributed by atoms with Gasteiger partial charge >= 0.3 is 0 Å². The van der Waals surface area contributed by atoms with Crippen molar-refractivity contribution in [3.63, 3.8) is 0 Å². The second kappa shape index (κ2) is 8.71. The first-order valence-corrected chi connectivity index (χ1v) is 12.2. The highest BCUT2D eigenvalue weighted by Gasteiger charge is 2.47. The minimum Gasteiger partial charge on any atom is -0.317 e. The maximum atomic E-state index is 12.9. The second-order valence-corrected chi connectivity index (χ2v) is 10.0. The molecule has 2 fully saturated rings. The predicted octanol–water partition coefficient (Wildman–Crippen LogP) is 5.13. The SMILES string of the molecule is CC(=O)N1c2ccc(C3CCNCC3)cc2[C@H](Cc2ccc(C#N)cc2)C(C)[C@@H]1C1CC1. The Morgan fingerprint density at radius 1 is 1.09 bits per heavy atom. The van der Waals surface area contributed by atoms with Crippen molar-refractivity contribution in [1.29, 1.82) is 5.26 Å². The predicted molar refractivity (Wildman–Crippen MR) is 128 cm³/mol. The number of rotatable bonds is 4. The molecule has 1 N–H and O–H groups in total. The second-order valence-electron chi connectivity index (χ2n) is 10.0.